The molecule has 116 heavy (non-hydrogen) atoms. The summed E-state index contributed by atoms with van der Waals surface area (Å²) >= 11 is 0. The summed E-state index contributed by atoms with van der Waals surface area (Å²) in [5.41, 5.74) is 31.8. The molecule has 4 aliphatic rings. The Hall–Kier alpha value is -12.5. The number of pyridine rings is 8. The van der Waals surface area contributed by atoms with Gasteiger partial charge in [0, 0.05) is 115 Å². The van der Waals surface area contributed by atoms with Gasteiger partial charge in [0.15, 0.2) is 0 Å². The summed E-state index contributed by atoms with van der Waals surface area (Å²) in [6.07, 6.45) is -2.22. The van der Waals surface area contributed by atoms with E-state index in [1.165, 1.54) is 86.2 Å². The SMILES string of the molecule is CC#Cc1ccc(NCC(N)c2ccccc2)nc1C(=O)c1cccnc1N.CCC(N)(COc1ccc(C(F)(F)F)c(C(=O)c2cccnc2N)n1)c1ccccc1.Nc1ncccc1C(=O)c1nc(N2CCNC(C3CC3)C2)ccc1C(F)(F)F.Nc1ncccc1C(=O)c1nc(N2CCNC(CC3CC3)C2)ccc1C(F)(F)F.[HH].[HH].[HH].[HH].[HH].[HH].[HH].[HH].[HH].[HH].[HH].[HH].[HH].[HH]. The Morgan fingerprint density at radius 2 is 0.991 bits per heavy atom. The van der Waals surface area contributed by atoms with Crippen LogP contribution in [0.2, 0.25) is 0 Å². The predicted octanol–water partition coefficient (Wildman–Crippen LogP) is 15.6. The third-order valence-electron chi connectivity index (χ3n) is 19.7. The largest absolute Gasteiger partial charge is 0.475 e. The maximum Gasteiger partial charge on any atom is 0.418 e. The van der Waals surface area contributed by atoms with Gasteiger partial charge in [0.05, 0.1) is 50.0 Å². The van der Waals surface area contributed by atoms with Crippen molar-refractivity contribution in [1.29, 1.82) is 0 Å². The number of benzene rings is 2. The van der Waals surface area contributed by atoms with E-state index in [1.54, 1.807) is 31.2 Å². The number of nitrogens with zero attached hydrogens (tertiary/aromatic N) is 10. The smallest absolute Gasteiger partial charge is 0.418 e. The predicted molar refractivity (Wildman–Crippen MR) is 450 cm³/mol. The third kappa shape index (κ3) is 21.5. The van der Waals surface area contributed by atoms with Crippen LogP contribution >= 0.6 is 0 Å². The fourth-order valence-electron chi connectivity index (χ4n) is 13.0. The van der Waals surface area contributed by atoms with Crippen LogP contribution in [-0.4, -0.2) is 128 Å². The van der Waals surface area contributed by atoms with E-state index < -0.39 is 75.2 Å². The molecule has 4 atom stereocenters. The van der Waals surface area contributed by atoms with Gasteiger partial charge in [0.1, 0.15) is 70.1 Å². The number of piperazine rings is 2. The van der Waals surface area contributed by atoms with Gasteiger partial charge in [0.2, 0.25) is 29.0 Å². The summed E-state index contributed by atoms with van der Waals surface area (Å²) in [6, 6.07) is 40.8. The Kier molecular flexibility index (Phi) is 27.1. The summed E-state index contributed by atoms with van der Waals surface area (Å²) in [5.74, 6) is 4.83. The van der Waals surface area contributed by atoms with Crippen LogP contribution in [0.4, 0.5) is 80.2 Å². The van der Waals surface area contributed by atoms with Crippen molar-refractivity contribution in [2.45, 2.75) is 94.6 Å². The van der Waals surface area contributed by atoms with Gasteiger partial charge in [-0.05, 0) is 147 Å². The Balaban J connectivity index is -0.000000786. The molecule has 2 aliphatic heterocycles. The highest BCUT2D eigenvalue weighted by Gasteiger charge is 2.42. The van der Waals surface area contributed by atoms with E-state index in [4.69, 9.17) is 39.1 Å². The number of nitrogens with one attached hydrogen (secondary N) is 3. The molecule has 8 aromatic heterocycles. The van der Waals surface area contributed by atoms with Crippen LogP contribution in [0.15, 0.2) is 183 Å². The molecular weight excluding hydrogens is 1510 g/mol. The molecule has 0 spiro atoms. The summed E-state index contributed by atoms with van der Waals surface area (Å²) in [4.78, 5) is 87.3. The molecule has 2 saturated heterocycles. The zero-order valence-corrected chi connectivity index (χ0v) is 63.0. The molecule has 24 nitrogen and oxygen atoms in total. The number of anilines is 7. The van der Waals surface area contributed by atoms with Crippen molar-refractivity contribution in [2.75, 3.05) is 90.5 Å². The van der Waals surface area contributed by atoms with Gasteiger partial charge in [-0.25, -0.2) is 39.9 Å². The van der Waals surface area contributed by atoms with E-state index in [2.05, 4.69) is 67.7 Å². The minimum atomic E-state index is -4.79. The van der Waals surface area contributed by atoms with Crippen molar-refractivity contribution < 1.29 is 83.4 Å². The maximum atomic E-state index is 13.5. The number of aromatic nitrogens is 8. The minimum absolute atomic E-state index is 0. The van der Waals surface area contributed by atoms with Gasteiger partial charge in [-0.15, -0.1) is 5.92 Å². The minimum Gasteiger partial charge on any atom is -0.475 e. The highest BCUT2D eigenvalue weighted by Crippen LogP contribution is 2.40. The van der Waals surface area contributed by atoms with E-state index in [0.717, 1.165) is 73.7 Å². The van der Waals surface area contributed by atoms with E-state index in [9.17, 15) is 58.7 Å². The van der Waals surface area contributed by atoms with Crippen LogP contribution in [0.1, 0.15) is 176 Å². The molecule has 2 saturated carbocycles. The van der Waals surface area contributed by atoms with E-state index in [-0.39, 0.29) is 96.0 Å². The second-order valence-corrected chi connectivity index (χ2v) is 27.9. The third-order valence-corrected chi connectivity index (χ3v) is 19.7. The first-order valence-electron chi connectivity index (χ1n) is 37.1. The Bertz CT molecular complexity index is 5270. The molecule has 15 N–H and O–H groups in total. The van der Waals surface area contributed by atoms with Gasteiger partial charge in [-0.1, -0.05) is 86.3 Å². The molecule has 33 heteroatoms. The lowest BCUT2D eigenvalue weighted by atomic mass is 9.89. The topological polar surface area (TPSA) is 379 Å². The van der Waals surface area contributed by atoms with Crippen molar-refractivity contribution in [2.24, 2.45) is 23.3 Å². The Morgan fingerprint density at radius 3 is 1.44 bits per heavy atom. The molecular formula is C83H112F9N19O5. The molecule has 2 aliphatic carbocycles. The first-order chi connectivity index (χ1) is 55.4. The van der Waals surface area contributed by atoms with Crippen LogP contribution in [0, 0.1) is 23.7 Å². The van der Waals surface area contributed by atoms with Gasteiger partial charge in [0.25, 0.3) is 0 Å². The summed E-state index contributed by atoms with van der Waals surface area (Å²) in [7, 11) is 0. The molecule has 0 bridgehead atoms. The summed E-state index contributed by atoms with van der Waals surface area (Å²) in [6.45, 7) is 7.98. The number of nitrogen functional groups attached to an aromatic ring is 4. The van der Waals surface area contributed by atoms with E-state index in [1.807, 2.05) is 77.4 Å². The Morgan fingerprint density at radius 1 is 0.543 bits per heavy atom. The second-order valence-electron chi connectivity index (χ2n) is 27.9. The first-order valence-corrected chi connectivity index (χ1v) is 37.1. The maximum absolute atomic E-state index is 13.5. The number of rotatable bonds is 22. The normalized spacial score (nSPS) is 16.2. The number of hydrogen-bond acceptors (Lipinski definition) is 24. The van der Waals surface area contributed by atoms with Gasteiger partial charge >= 0.3 is 18.5 Å². The van der Waals surface area contributed by atoms with Crippen LogP contribution in [0.25, 0.3) is 0 Å². The van der Waals surface area contributed by atoms with Crippen LogP contribution in [0.5, 0.6) is 5.88 Å². The molecule has 10 heterocycles. The standard InChI is InChI=1S/C22H21F3N4O2.C22H21N5O.C20H22F3N5O.C19H20F3N5O.14H2/c1-2-21(27,14-7-4-3-5-8-14)13-31-17-11-10-16(22(23,24)25)18(29-17)19(30)15-9-6-12-28-20(15)26;1-2-7-16-11-12-19(26-14-18(23)15-8-4-3-5-9-15)27-20(16)21(28)17-10-6-13-25-22(17)24;21-20(22,23)15-5-6-16(28-9-8-25-13(11-28)10-12-3-4-12)27-17(15)18(29)14-2-1-7-26-19(14)24;20-19(21,22)13-5-6-15(27-9-8-24-14(10-27)11-3-4-11)26-16(13)17(28)12-2-1-7-25-18(12)23;;;;;;;;;;;;;;/h3-12H,2,13,27H2,1H3,(H2,26,28);3-6,8-13,18H,14,23H2,1H3,(H2,24,25)(H,26,27);1-2,5-7,12-13,25H,3-4,8-11H2,(H2,24,26);1-2,5-7,11,14,24H,3-4,8-10H2,(H2,23,25);14*1H. The fraction of sp³-hybridized carbons (Fsp3) is 0.301. The number of carbonyl (C=O) groups is 4. The average molecular weight is 1630 g/mol. The van der Waals surface area contributed by atoms with Crippen molar-refractivity contribution in [3.63, 3.8) is 0 Å². The zero-order valence-electron chi connectivity index (χ0n) is 63.0. The zero-order chi connectivity index (χ0) is 83.1. The van der Waals surface area contributed by atoms with Gasteiger partial charge < -0.3 is 64.9 Å². The van der Waals surface area contributed by atoms with Gasteiger partial charge in [-0.3, -0.25) is 19.2 Å². The molecule has 2 aromatic carbocycles. The number of ether oxygens (including phenoxy) is 1. The number of ketones is 4. The monoisotopic (exact) mass is 1630 g/mol. The second kappa shape index (κ2) is 37.2. The molecule has 4 unspecified atom stereocenters. The average Bonchev–Trinajstić information content (AvgIpc) is 1.06. The summed E-state index contributed by atoms with van der Waals surface area (Å²) < 4.78 is 127. The number of halogens is 9. The highest BCUT2D eigenvalue weighted by atomic mass is 19.4. The van der Waals surface area contributed by atoms with Crippen molar-refractivity contribution in [1.82, 2.24) is 50.5 Å². The number of alkyl halides is 9. The quantitative estimate of drug-likeness (QED) is 0.0173. The van der Waals surface area contributed by atoms with E-state index in [0.29, 0.717) is 79.7 Å². The lowest BCUT2D eigenvalue weighted by Gasteiger charge is -2.35. The lowest BCUT2D eigenvalue weighted by molar-refractivity contribution is -0.139. The highest BCUT2D eigenvalue weighted by molar-refractivity contribution is 6.14. The molecule has 0 radical (unpaired) electrons. The van der Waals surface area contributed by atoms with Crippen LogP contribution < -0.4 is 64.9 Å². The van der Waals surface area contributed by atoms with Crippen LogP contribution in [0.3, 0.4) is 0 Å². The Labute approximate surface area is 682 Å². The molecule has 0 amide bonds. The first kappa shape index (κ1) is 84.4. The summed E-state index contributed by atoms with van der Waals surface area (Å²) in [5, 5.41) is 10.1. The van der Waals surface area contributed by atoms with Crippen molar-refractivity contribution in [3.8, 4) is 17.7 Å². The molecule has 4 fully saturated rings. The molecule has 10 aromatic rings. The number of hydrogen-bond donors (Lipinski definition) is 9. The van der Waals surface area contributed by atoms with Crippen LogP contribution in [-0.2, 0) is 24.1 Å². The number of nitrogens with two attached hydrogens (primary N) is 6. The lowest BCUT2D eigenvalue weighted by Crippen LogP contribution is -2.52. The fourth-order valence-corrected chi connectivity index (χ4v) is 13.0. The molecule has 632 valence electrons. The van der Waals surface area contributed by atoms with Gasteiger partial charge in [-0.2, -0.15) is 39.5 Å². The van der Waals surface area contributed by atoms with Crippen molar-refractivity contribution >= 4 is 63.9 Å². The van der Waals surface area contributed by atoms with Crippen molar-refractivity contribution in [3.05, 3.63) is 261 Å². The number of carbonyl (C=O) groups excluding carboxylic acids is 4. The molecule has 14 rings (SSSR count). The van der Waals surface area contributed by atoms with E-state index >= 15 is 0 Å².